The molecule has 0 aromatic heterocycles. The van der Waals surface area contributed by atoms with Crippen molar-refractivity contribution >= 4 is 33.4 Å². The van der Waals surface area contributed by atoms with Crippen LogP contribution in [-0.2, 0) is 19.7 Å². The number of hydrogen-bond acceptors (Lipinski definition) is 5. The van der Waals surface area contributed by atoms with Crippen molar-refractivity contribution < 1.29 is 22.8 Å². The molecule has 1 saturated carbocycles. The molecule has 1 aliphatic rings. The fraction of sp³-hybridized carbons (Fsp3) is 0.529. The summed E-state index contributed by atoms with van der Waals surface area (Å²) in [5.41, 5.74) is 0.124. The predicted octanol–water partition coefficient (Wildman–Crippen LogP) is 1.70. The third-order valence-corrected chi connectivity index (χ3v) is 6.59. The Morgan fingerprint density at radius 1 is 1.30 bits per heavy atom. The first kappa shape index (κ1) is 21.6. The average Bonchev–Trinajstić information content (AvgIpc) is 3.13. The Hall–Kier alpha value is -1.68. The second-order valence-corrected chi connectivity index (χ2v) is 8.61. The van der Waals surface area contributed by atoms with Crippen LogP contribution < -0.4 is 10.6 Å². The number of rotatable bonds is 8. The Balaban J connectivity index is 1.96. The zero-order chi connectivity index (χ0) is 20.0. The summed E-state index contributed by atoms with van der Waals surface area (Å²) in [6.45, 7) is 0.153. The molecule has 0 spiro atoms. The SMILES string of the molecule is CON(C)S(=O)(=O)c1cc(C(=O)NCCC(=O)NC2CCCC2)ccc1Cl. The summed E-state index contributed by atoms with van der Waals surface area (Å²) in [5, 5.41) is 5.53. The van der Waals surface area contributed by atoms with Crippen molar-refractivity contribution in [3.8, 4) is 0 Å². The van der Waals surface area contributed by atoms with Crippen molar-refractivity contribution in [2.24, 2.45) is 0 Å². The van der Waals surface area contributed by atoms with Crippen LogP contribution >= 0.6 is 11.6 Å². The van der Waals surface area contributed by atoms with Crippen molar-refractivity contribution in [1.82, 2.24) is 15.1 Å². The highest BCUT2D eigenvalue weighted by atomic mass is 35.5. The van der Waals surface area contributed by atoms with Gasteiger partial charge < -0.3 is 10.6 Å². The maximum atomic E-state index is 12.4. The maximum Gasteiger partial charge on any atom is 0.266 e. The van der Waals surface area contributed by atoms with Gasteiger partial charge in [0.15, 0.2) is 0 Å². The van der Waals surface area contributed by atoms with Crippen LogP contribution in [0.25, 0.3) is 0 Å². The number of hydroxylamine groups is 1. The van der Waals surface area contributed by atoms with Crippen LogP contribution in [0.1, 0.15) is 42.5 Å². The van der Waals surface area contributed by atoms with E-state index in [9.17, 15) is 18.0 Å². The highest BCUT2D eigenvalue weighted by Gasteiger charge is 2.25. The number of carbonyl (C=O) groups excluding carboxylic acids is 2. The van der Waals surface area contributed by atoms with Crippen molar-refractivity contribution in [1.29, 1.82) is 0 Å². The van der Waals surface area contributed by atoms with E-state index in [2.05, 4.69) is 10.6 Å². The molecule has 0 heterocycles. The topological polar surface area (TPSA) is 105 Å². The number of halogens is 1. The van der Waals surface area contributed by atoms with Gasteiger partial charge in [0.05, 0.1) is 12.1 Å². The molecule has 0 unspecified atom stereocenters. The van der Waals surface area contributed by atoms with Crippen LogP contribution in [0.5, 0.6) is 0 Å². The summed E-state index contributed by atoms with van der Waals surface area (Å²) in [4.78, 5) is 28.6. The molecule has 27 heavy (non-hydrogen) atoms. The van der Waals surface area contributed by atoms with Crippen LogP contribution in [0.15, 0.2) is 23.1 Å². The van der Waals surface area contributed by atoms with Gasteiger partial charge in [-0.1, -0.05) is 28.9 Å². The molecule has 0 bridgehead atoms. The first-order valence-electron chi connectivity index (χ1n) is 8.66. The first-order valence-corrected chi connectivity index (χ1v) is 10.5. The number of sulfonamides is 1. The third kappa shape index (κ3) is 5.65. The summed E-state index contributed by atoms with van der Waals surface area (Å²) in [6.07, 6.45) is 4.41. The van der Waals surface area contributed by atoms with Crippen LogP contribution in [0.4, 0.5) is 0 Å². The first-order chi connectivity index (χ1) is 12.8. The lowest BCUT2D eigenvalue weighted by molar-refractivity contribution is -0.121. The van der Waals surface area contributed by atoms with Gasteiger partial charge in [-0.3, -0.25) is 14.4 Å². The normalized spacial score (nSPS) is 15.1. The van der Waals surface area contributed by atoms with Crippen molar-refractivity contribution in [2.45, 2.75) is 43.0 Å². The van der Waals surface area contributed by atoms with E-state index in [1.54, 1.807) is 0 Å². The van der Waals surface area contributed by atoms with Crippen LogP contribution in [0, 0.1) is 0 Å². The van der Waals surface area contributed by atoms with E-state index in [1.807, 2.05) is 0 Å². The molecule has 10 heteroatoms. The Labute approximate surface area is 164 Å². The van der Waals surface area contributed by atoms with Crippen molar-refractivity contribution in [3.63, 3.8) is 0 Å². The summed E-state index contributed by atoms with van der Waals surface area (Å²) < 4.78 is 25.4. The smallest absolute Gasteiger partial charge is 0.266 e. The number of benzene rings is 1. The quantitative estimate of drug-likeness (QED) is 0.626. The van der Waals surface area contributed by atoms with Crippen LogP contribution in [0.2, 0.25) is 5.02 Å². The Bertz CT molecular complexity index is 794. The summed E-state index contributed by atoms with van der Waals surface area (Å²) in [6, 6.07) is 4.16. The van der Waals surface area contributed by atoms with Crippen molar-refractivity contribution in [2.75, 3.05) is 20.7 Å². The number of hydrogen-bond donors (Lipinski definition) is 2. The minimum atomic E-state index is -3.99. The van der Waals surface area contributed by atoms with Gasteiger partial charge in [-0.15, -0.1) is 0 Å². The van der Waals surface area contributed by atoms with Gasteiger partial charge in [0.1, 0.15) is 4.90 Å². The van der Waals surface area contributed by atoms with Crippen molar-refractivity contribution in [3.05, 3.63) is 28.8 Å². The predicted molar refractivity (Wildman–Crippen MR) is 101 cm³/mol. The molecule has 2 N–H and O–H groups in total. The fourth-order valence-electron chi connectivity index (χ4n) is 2.84. The van der Waals surface area contributed by atoms with Gasteiger partial charge >= 0.3 is 0 Å². The largest absolute Gasteiger partial charge is 0.353 e. The molecule has 2 rings (SSSR count). The average molecular weight is 418 g/mol. The lowest BCUT2D eigenvalue weighted by Crippen LogP contribution is -2.35. The third-order valence-electron chi connectivity index (χ3n) is 4.42. The molecular formula is C17H24ClN3O5S. The molecule has 1 aromatic carbocycles. The summed E-state index contributed by atoms with van der Waals surface area (Å²) in [7, 11) is -1.56. The Morgan fingerprint density at radius 2 is 1.96 bits per heavy atom. The van der Waals surface area contributed by atoms with Gasteiger partial charge in [-0.2, -0.15) is 0 Å². The molecule has 0 atom stereocenters. The van der Waals surface area contributed by atoms with Gasteiger partial charge in [0.2, 0.25) is 5.91 Å². The summed E-state index contributed by atoms with van der Waals surface area (Å²) in [5.74, 6) is -0.597. The molecule has 0 aliphatic heterocycles. The lowest BCUT2D eigenvalue weighted by Gasteiger charge is -2.16. The van der Waals surface area contributed by atoms with Gasteiger partial charge in [0.25, 0.3) is 15.9 Å². The lowest BCUT2D eigenvalue weighted by atomic mass is 10.2. The van der Waals surface area contributed by atoms with Gasteiger partial charge in [-0.05, 0) is 31.0 Å². The molecule has 0 saturated heterocycles. The van der Waals surface area contributed by atoms with E-state index in [4.69, 9.17) is 16.4 Å². The van der Waals surface area contributed by atoms with Gasteiger partial charge in [0, 0.05) is 31.6 Å². The highest BCUT2D eigenvalue weighted by Crippen LogP contribution is 2.25. The number of amides is 2. The Morgan fingerprint density at radius 3 is 2.59 bits per heavy atom. The minimum Gasteiger partial charge on any atom is -0.353 e. The van der Waals surface area contributed by atoms with E-state index in [1.165, 1.54) is 32.4 Å². The molecular weight excluding hydrogens is 394 g/mol. The molecule has 8 nitrogen and oxygen atoms in total. The van der Waals surface area contributed by atoms with Crippen LogP contribution in [-0.4, -0.2) is 51.4 Å². The molecule has 1 fully saturated rings. The highest BCUT2D eigenvalue weighted by molar-refractivity contribution is 7.89. The van der Waals surface area contributed by atoms with Gasteiger partial charge in [-0.25, -0.2) is 8.42 Å². The van der Waals surface area contributed by atoms with E-state index in [0.717, 1.165) is 25.7 Å². The molecule has 150 valence electrons. The van der Waals surface area contributed by atoms with E-state index in [-0.39, 0.29) is 40.4 Å². The monoisotopic (exact) mass is 417 g/mol. The zero-order valence-corrected chi connectivity index (χ0v) is 16.9. The molecule has 1 aliphatic carbocycles. The molecule has 1 aromatic rings. The number of carbonyl (C=O) groups is 2. The van der Waals surface area contributed by atoms with E-state index in [0.29, 0.717) is 4.47 Å². The van der Waals surface area contributed by atoms with E-state index >= 15 is 0 Å². The second-order valence-electron chi connectivity index (χ2n) is 6.30. The maximum absolute atomic E-state index is 12.4. The summed E-state index contributed by atoms with van der Waals surface area (Å²) >= 11 is 5.97. The Kier molecular flexibility index (Phi) is 7.60. The molecule has 2 amide bonds. The zero-order valence-electron chi connectivity index (χ0n) is 15.3. The number of nitrogens with zero attached hydrogens (tertiary/aromatic N) is 1. The standard InChI is InChI=1S/C17H24ClN3O5S/c1-21(26-2)27(24,25)15-11-12(7-8-14(15)18)17(23)19-10-9-16(22)20-13-5-3-4-6-13/h7-8,11,13H,3-6,9-10H2,1-2H3,(H,19,23)(H,20,22). The van der Waals surface area contributed by atoms with E-state index < -0.39 is 15.9 Å². The molecule has 0 radical (unpaired) electrons. The van der Waals surface area contributed by atoms with Crippen LogP contribution in [0.3, 0.4) is 0 Å². The number of nitrogens with one attached hydrogen (secondary N) is 2. The fourth-order valence-corrected chi connectivity index (χ4v) is 4.31. The second kappa shape index (κ2) is 9.50. The minimum absolute atomic E-state index is 0.0219.